The third kappa shape index (κ3) is 7.69. The number of hydrogen-bond acceptors (Lipinski definition) is 2. The Labute approximate surface area is 390 Å². The third-order valence-corrected chi connectivity index (χ3v) is 12.8. The standard InChI is InChI=1S/C64H43N3/c1-6-19-44(20-7-1)49-29-17-33-55(38-49)59-41-57(42-60(65-59)56-34-18-30-50(39-56)45-21-8-2-9-22-45)52-32-16-31-51(37-52)53-35-36-54-43-61(46-23-10-3-11-24-46)67-64(58(54)40-53)62(47-25-12-4-13-26-47)63(66-67)48-27-14-5-15-28-48/h1-43H. The second-order valence-electron chi connectivity index (χ2n) is 17.0. The molecule has 3 heteroatoms. The van der Waals surface area contributed by atoms with Gasteiger partial charge in [0.05, 0.1) is 22.6 Å². The maximum Gasteiger partial charge on any atom is 0.101 e. The highest BCUT2D eigenvalue weighted by Crippen LogP contribution is 2.42. The molecule has 0 bridgehead atoms. The molecule has 0 aliphatic heterocycles. The maximum atomic E-state index is 5.46. The monoisotopic (exact) mass is 853 g/mol. The van der Waals surface area contributed by atoms with Gasteiger partial charge in [0.1, 0.15) is 5.69 Å². The summed E-state index contributed by atoms with van der Waals surface area (Å²) in [6, 6.07) is 93.0. The van der Waals surface area contributed by atoms with E-state index in [1.807, 2.05) is 0 Å². The molecule has 0 amide bonds. The van der Waals surface area contributed by atoms with Gasteiger partial charge in [-0.1, -0.05) is 218 Å². The van der Waals surface area contributed by atoms with E-state index >= 15 is 0 Å². The normalized spacial score (nSPS) is 11.3. The fraction of sp³-hybridized carbons (Fsp3) is 0. The number of fused-ring (bicyclic) bond motifs is 3. The van der Waals surface area contributed by atoms with Crippen LogP contribution in [0.1, 0.15) is 0 Å². The first-order valence-electron chi connectivity index (χ1n) is 22.8. The van der Waals surface area contributed by atoms with Gasteiger partial charge in [0, 0.05) is 33.2 Å². The highest BCUT2D eigenvalue weighted by molar-refractivity contribution is 6.09. The molecule has 0 fully saturated rings. The SMILES string of the molecule is c1ccc(-c2cccc(-c3cc(-c4cccc(-c5ccc6cc(-c7ccccc7)n7nc(-c8ccccc8)c(-c8ccccc8)c7c6c5)c4)cc(-c4cccc(-c5ccccc5)c4)n3)c2)cc1. The molecule has 314 valence electrons. The Morgan fingerprint density at radius 1 is 0.269 bits per heavy atom. The first-order chi connectivity index (χ1) is 33.2. The van der Waals surface area contributed by atoms with E-state index in [2.05, 4.69) is 265 Å². The lowest BCUT2D eigenvalue weighted by atomic mass is 9.93. The highest BCUT2D eigenvalue weighted by Gasteiger charge is 2.22. The molecule has 12 aromatic rings. The van der Waals surface area contributed by atoms with Crippen LogP contribution in [0.4, 0.5) is 0 Å². The number of pyridine rings is 2. The zero-order valence-corrected chi connectivity index (χ0v) is 36.7. The van der Waals surface area contributed by atoms with Crippen molar-refractivity contribution < 1.29 is 0 Å². The van der Waals surface area contributed by atoms with Crippen molar-refractivity contribution in [3.63, 3.8) is 0 Å². The Balaban J connectivity index is 1.03. The molecule has 0 aliphatic carbocycles. The summed E-state index contributed by atoms with van der Waals surface area (Å²) in [5.41, 5.74) is 20.6. The van der Waals surface area contributed by atoms with Crippen molar-refractivity contribution in [1.82, 2.24) is 14.6 Å². The number of nitrogens with zero attached hydrogens (tertiary/aromatic N) is 3. The van der Waals surface area contributed by atoms with Crippen molar-refractivity contribution in [2.24, 2.45) is 0 Å². The number of rotatable bonds is 9. The average Bonchev–Trinajstić information content (AvgIpc) is 3.83. The van der Waals surface area contributed by atoms with E-state index < -0.39 is 0 Å². The Morgan fingerprint density at radius 2 is 0.672 bits per heavy atom. The molecule has 0 unspecified atom stereocenters. The Bertz CT molecular complexity index is 3610. The average molecular weight is 854 g/mol. The van der Waals surface area contributed by atoms with Gasteiger partial charge >= 0.3 is 0 Å². The molecule has 0 spiro atoms. The molecule has 12 rings (SSSR count). The lowest BCUT2D eigenvalue weighted by Crippen LogP contribution is -1.96. The Hall–Kier alpha value is -8.92. The van der Waals surface area contributed by atoms with Gasteiger partial charge in [-0.25, -0.2) is 9.50 Å². The van der Waals surface area contributed by atoms with Crippen molar-refractivity contribution >= 4 is 16.3 Å². The maximum absolute atomic E-state index is 5.46. The van der Waals surface area contributed by atoms with Gasteiger partial charge in [-0.3, -0.25) is 0 Å². The van der Waals surface area contributed by atoms with Crippen LogP contribution < -0.4 is 0 Å². The molecule has 3 aromatic heterocycles. The van der Waals surface area contributed by atoms with Gasteiger partial charge in [-0.05, 0) is 97.9 Å². The summed E-state index contributed by atoms with van der Waals surface area (Å²) >= 11 is 0. The minimum absolute atomic E-state index is 0.923. The molecule has 0 saturated heterocycles. The molecular weight excluding hydrogens is 811 g/mol. The van der Waals surface area contributed by atoms with Crippen molar-refractivity contribution in [2.75, 3.05) is 0 Å². The Morgan fingerprint density at radius 3 is 1.21 bits per heavy atom. The lowest BCUT2D eigenvalue weighted by molar-refractivity contribution is 0.979. The van der Waals surface area contributed by atoms with Crippen molar-refractivity contribution in [2.45, 2.75) is 0 Å². The van der Waals surface area contributed by atoms with Gasteiger partial charge in [-0.15, -0.1) is 0 Å². The summed E-state index contributed by atoms with van der Waals surface area (Å²) in [5, 5.41) is 7.76. The topological polar surface area (TPSA) is 30.2 Å². The van der Waals surface area contributed by atoms with Crippen LogP contribution >= 0.6 is 0 Å². The van der Waals surface area contributed by atoms with Crippen LogP contribution in [-0.4, -0.2) is 14.6 Å². The predicted octanol–water partition coefficient (Wildman–Crippen LogP) is 16.9. The van der Waals surface area contributed by atoms with Crippen LogP contribution in [0, 0.1) is 0 Å². The van der Waals surface area contributed by atoms with Crippen molar-refractivity contribution in [1.29, 1.82) is 0 Å². The molecule has 3 nitrogen and oxygen atoms in total. The van der Waals surface area contributed by atoms with Gasteiger partial charge in [0.2, 0.25) is 0 Å². The molecule has 3 heterocycles. The summed E-state index contributed by atoms with van der Waals surface area (Å²) in [6.45, 7) is 0. The molecule has 0 radical (unpaired) electrons. The lowest BCUT2D eigenvalue weighted by Gasteiger charge is -2.14. The van der Waals surface area contributed by atoms with E-state index in [1.165, 1.54) is 11.1 Å². The second-order valence-corrected chi connectivity index (χ2v) is 17.0. The van der Waals surface area contributed by atoms with Gasteiger partial charge in [0.15, 0.2) is 0 Å². The summed E-state index contributed by atoms with van der Waals surface area (Å²) < 4.78 is 2.17. The Kier molecular flexibility index (Phi) is 10.2. The van der Waals surface area contributed by atoms with Crippen LogP contribution in [-0.2, 0) is 0 Å². The van der Waals surface area contributed by atoms with E-state index in [0.29, 0.717) is 0 Å². The summed E-state index contributed by atoms with van der Waals surface area (Å²) in [4.78, 5) is 5.39. The molecular formula is C64H43N3. The fourth-order valence-corrected chi connectivity index (χ4v) is 9.46. The van der Waals surface area contributed by atoms with Gasteiger partial charge in [0.25, 0.3) is 0 Å². The molecule has 9 aromatic carbocycles. The van der Waals surface area contributed by atoms with Crippen LogP contribution in [0.5, 0.6) is 0 Å². The molecule has 67 heavy (non-hydrogen) atoms. The minimum atomic E-state index is 0.923. The smallest absolute Gasteiger partial charge is 0.101 e. The van der Waals surface area contributed by atoms with E-state index in [0.717, 1.165) is 106 Å². The van der Waals surface area contributed by atoms with Gasteiger partial charge in [-0.2, -0.15) is 5.10 Å². The molecule has 0 aliphatic rings. The zero-order chi connectivity index (χ0) is 44.5. The highest BCUT2D eigenvalue weighted by atomic mass is 15.2. The van der Waals surface area contributed by atoms with E-state index in [-0.39, 0.29) is 0 Å². The second kappa shape index (κ2) is 17.2. The summed E-state index contributed by atoms with van der Waals surface area (Å²) in [5.74, 6) is 0. The zero-order valence-electron chi connectivity index (χ0n) is 36.7. The fourth-order valence-electron chi connectivity index (χ4n) is 9.46. The van der Waals surface area contributed by atoms with Gasteiger partial charge < -0.3 is 0 Å². The van der Waals surface area contributed by atoms with Crippen LogP contribution in [0.2, 0.25) is 0 Å². The third-order valence-electron chi connectivity index (χ3n) is 12.8. The largest absolute Gasteiger partial charge is 0.248 e. The summed E-state index contributed by atoms with van der Waals surface area (Å²) in [7, 11) is 0. The molecule has 0 N–H and O–H groups in total. The predicted molar refractivity (Wildman–Crippen MR) is 279 cm³/mol. The van der Waals surface area contributed by atoms with E-state index in [4.69, 9.17) is 10.1 Å². The minimum Gasteiger partial charge on any atom is -0.248 e. The number of aromatic nitrogens is 3. The quantitative estimate of drug-likeness (QED) is 0.145. The number of hydrogen-bond donors (Lipinski definition) is 0. The first-order valence-corrected chi connectivity index (χ1v) is 22.8. The molecule has 0 saturated carbocycles. The van der Waals surface area contributed by atoms with E-state index in [1.54, 1.807) is 0 Å². The first kappa shape index (κ1) is 39.7. The van der Waals surface area contributed by atoms with Crippen molar-refractivity contribution in [3.8, 4) is 101 Å². The van der Waals surface area contributed by atoms with E-state index in [9.17, 15) is 0 Å². The van der Waals surface area contributed by atoms with Crippen LogP contribution in [0.25, 0.3) is 117 Å². The summed E-state index contributed by atoms with van der Waals surface area (Å²) in [6.07, 6.45) is 0. The van der Waals surface area contributed by atoms with Crippen molar-refractivity contribution in [3.05, 3.63) is 261 Å². The van der Waals surface area contributed by atoms with Crippen LogP contribution in [0.15, 0.2) is 261 Å². The number of benzene rings is 9. The van der Waals surface area contributed by atoms with Crippen LogP contribution in [0.3, 0.4) is 0 Å². The molecule has 0 atom stereocenters.